The first kappa shape index (κ1) is 19.4. The predicted octanol–water partition coefficient (Wildman–Crippen LogP) is 3.47. The molecule has 0 radical (unpaired) electrons. The maximum absolute atomic E-state index is 12.6. The lowest BCUT2D eigenvalue weighted by molar-refractivity contribution is 0.0694. The molecule has 2 fully saturated rings. The fraction of sp³-hybridized carbons (Fsp3) is 0.435. The zero-order valence-electron chi connectivity index (χ0n) is 16.6. The quantitative estimate of drug-likeness (QED) is 0.842. The molecule has 1 aromatic carbocycles. The number of hydrogen-bond acceptors (Lipinski definition) is 4. The number of pyridine rings is 1. The number of hydrogen-bond donors (Lipinski definition) is 1. The monoisotopic (exact) mass is 393 g/mol. The summed E-state index contributed by atoms with van der Waals surface area (Å²) in [5, 5.41) is 9.01. The maximum Gasteiger partial charge on any atom is 0.335 e. The Bertz CT molecular complexity index is 858. The Labute approximate surface area is 171 Å². The first-order chi connectivity index (χ1) is 14.1. The van der Waals surface area contributed by atoms with Crippen LogP contribution in [0.2, 0.25) is 0 Å². The Morgan fingerprint density at radius 3 is 2.34 bits per heavy atom. The van der Waals surface area contributed by atoms with Gasteiger partial charge < -0.3 is 14.9 Å². The summed E-state index contributed by atoms with van der Waals surface area (Å²) in [6, 6.07) is 11.0. The molecular formula is C23H27N3O3. The average Bonchev–Trinajstić information content (AvgIpc) is 3.23. The van der Waals surface area contributed by atoms with Crippen LogP contribution in [-0.4, -0.2) is 53.0 Å². The van der Waals surface area contributed by atoms with Crippen molar-refractivity contribution in [3.8, 4) is 0 Å². The van der Waals surface area contributed by atoms with Gasteiger partial charge in [-0.25, -0.2) is 9.78 Å². The molecule has 0 aliphatic carbocycles. The third-order valence-corrected chi connectivity index (χ3v) is 5.97. The molecule has 1 amide bonds. The molecule has 1 unspecified atom stereocenters. The van der Waals surface area contributed by atoms with E-state index >= 15 is 0 Å². The number of aromatic carboxylic acids is 1. The molecule has 2 saturated heterocycles. The number of nitrogens with zero attached hydrogens (tertiary/aromatic N) is 3. The van der Waals surface area contributed by atoms with E-state index in [0.717, 1.165) is 63.2 Å². The SMILES string of the molecule is O=C(O)c1ccc(CC2CCN(c3ccc(C(=O)N4CCCCC4)cn3)C2)cc1. The zero-order chi connectivity index (χ0) is 20.2. The predicted molar refractivity (Wildman–Crippen MR) is 111 cm³/mol. The van der Waals surface area contributed by atoms with E-state index in [1.165, 1.54) is 6.42 Å². The highest BCUT2D eigenvalue weighted by Crippen LogP contribution is 2.25. The van der Waals surface area contributed by atoms with Gasteiger partial charge in [-0.05, 0) is 67.9 Å². The molecule has 6 heteroatoms. The number of benzene rings is 1. The Hall–Kier alpha value is -2.89. The minimum absolute atomic E-state index is 0.0906. The van der Waals surface area contributed by atoms with Crippen LogP contribution >= 0.6 is 0 Å². The topological polar surface area (TPSA) is 73.7 Å². The molecule has 6 nitrogen and oxygen atoms in total. The van der Waals surface area contributed by atoms with Crippen molar-refractivity contribution in [2.75, 3.05) is 31.1 Å². The van der Waals surface area contributed by atoms with Crippen LogP contribution in [0.5, 0.6) is 0 Å². The van der Waals surface area contributed by atoms with Crippen LogP contribution in [0.4, 0.5) is 5.82 Å². The Balaban J connectivity index is 1.34. The van der Waals surface area contributed by atoms with Crippen LogP contribution in [0.15, 0.2) is 42.6 Å². The summed E-state index contributed by atoms with van der Waals surface area (Å²) in [6.45, 7) is 3.57. The van der Waals surface area contributed by atoms with E-state index < -0.39 is 5.97 Å². The number of carbonyl (C=O) groups excluding carboxylic acids is 1. The molecule has 29 heavy (non-hydrogen) atoms. The summed E-state index contributed by atoms with van der Waals surface area (Å²) in [4.78, 5) is 32.3. The summed E-state index contributed by atoms with van der Waals surface area (Å²) in [7, 11) is 0. The zero-order valence-corrected chi connectivity index (χ0v) is 16.6. The summed E-state index contributed by atoms with van der Waals surface area (Å²) < 4.78 is 0. The number of anilines is 1. The van der Waals surface area contributed by atoms with Crippen molar-refractivity contribution in [3.63, 3.8) is 0 Å². The van der Waals surface area contributed by atoms with Crippen molar-refractivity contribution in [2.45, 2.75) is 32.1 Å². The minimum Gasteiger partial charge on any atom is -0.478 e. The molecule has 0 bridgehead atoms. The van der Waals surface area contributed by atoms with Gasteiger partial charge in [-0.2, -0.15) is 0 Å². The van der Waals surface area contributed by atoms with Gasteiger partial charge in [-0.15, -0.1) is 0 Å². The van der Waals surface area contributed by atoms with Gasteiger partial charge in [0.25, 0.3) is 5.91 Å². The van der Waals surface area contributed by atoms with E-state index in [2.05, 4.69) is 9.88 Å². The molecule has 2 aliphatic heterocycles. The van der Waals surface area contributed by atoms with E-state index in [4.69, 9.17) is 5.11 Å². The van der Waals surface area contributed by atoms with Crippen molar-refractivity contribution < 1.29 is 14.7 Å². The van der Waals surface area contributed by atoms with E-state index in [-0.39, 0.29) is 5.91 Å². The smallest absolute Gasteiger partial charge is 0.335 e. The number of carboxylic acids is 1. The van der Waals surface area contributed by atoms with Crippen LogP contribution in [0.3, 0.4) is 0 Å². The highest BCUT2D eigenvalue weighted by atomic mass is 16.4. The Kier molecular flexibility index (Phi) is 5.79. The number of piperidine rings is 1. The molecule has 2 aliphatic rings. The second-order valence-corrected chi connectivity index (χ2v) is 8.06. The normalized spacial score (nSPS) is 19.4. The van der Waals surface area contributed by atoms with Gasteiger partial charge in [0, 0.05) is 32.4 Å². The average molecular weight is 393 g/mol. The van der Waals surface area contributed by atoms with Crippen LogP contribution in [0.1, 0.15) is 52.0 Å². The Morgan fingerprint density at radius 2 is 1.69 bits per heavy atom. The number of rotatable bonds is 5. The highest BCUT2D eigenvalue weighted by molar-refractivity contribution is 5.94. The third-order valence-electron chi connectivity index (χ3n) is 5.97. The number of aromatic nitrogens is 1. The first-order valence-electron chi connectivity index (χ1n) is 10.4. The summed E-state index contributed by atoms with van der Waals surface area (Å²) in [5.74, 6) is 0.635. The number of carboxylic acid groups (broad SMARTS) is 1. The molecule has 4 rings (SSSR count). The summed E-state index contributed by atoms with van der Waals surface area (Å²) >= 11 is 0. The molecule has 3 heterocycles. The fourth-order valence-electron chi connectivity index (χ4n) is 4.30. The second-order valence-electron chi connectivity index (χ2n) is 8.06. The largest absolute Gasteiger partial charge is 0.478 e. The lowest BCUT2D eigenvalue weighted by Gasteiger charge is -2.26. The first-order valence-corrected chi connectivity index (χ1v) is 10.4. The van der Waals surface area contributed by atoms with Gasteiger partial charge >= 0.3 is 5.97 Å². The molecule has 1 atom stereocenters. The molecule has 1 N–H and O–H groups in total. The van der Waals surface area contributed by atoms with Gasteiger partial charge in [0.15, 0.2) is 0 Å². The maximum atomic E-state index is 12.6. The number of likely N-dealkylation sites (tertiary alicyclic amines) is 1. The third kappa shape index (κ3) is 4.58. The van der Waals surface area contributed by atoms with Crippen LogP contribution < -0.4 is 4.90 Å². The number of amides is 1. The standard InChI is InChI=1S/C23H27N3O3/c27-22(25-11-2-1-3-12-25)20-8-9-21(24-15-20)26-13-10-18(16-26)14-17-4-6-19(7-5-17)23(28)29/h4-9,15,18H,1-3,10-14,16H2,(H,28,29). The van der Waals surface area contributed by atoms with Crippen molar-refractivity contribution in [1.82, 2.24) is 9.88 Å². The molecule has 2 aromatic rings. The van der Waals surface area contributed by atoms with Gasteiger partial charge in [0.2, 0.25) is 0 Å². The van der Waals surface area contributed by atoms with Gasteiger partial charge in [-0.1, -0.05) is 12.1 Å². The molecule has 0 saturated carbocycles. The van der Waals surface area contributed by atoms with Gasteiger partial charge in [0.05, 0.1) is 11.1 Å². The van der Waals surface area contributed by atoms with Crippen LogP contribution in [-0.2, 0) is 6.42 Å². The summed E-state index contributed by atoms with van der Waals surface area (Å²) in [6.07, 6.45) is 7.11. The summed E-state index contributed by atoms with van der Waals surface area (Å²) in [5.41, 5.74) is 2.16. The van der Waals surface area contributed by atoms with Crippen molar-refractivity contribution in [2.24, 2.45) is 5.92 Å². The molecule has 0 spiro atoms. The molecular weight excluding hydrogens is 366 g/mol. The lowest BCUT2D eigenvalue weighted by atomic mass is 9.98. The van der Waals surface area contributed by atoms with Crippen LogP contribution in [0.25, 0.3) is 0 Å². The van der Waals surface area contributed by atoms with E-state index in [1.807, 2.05) is 29.2 Å². The van der Waals surface area contributed by atoms with Crippen molar-refractivity contribution in [3.05, 3.63) is 59.3 Å². The number of carbonyl (C=O) groups is 2. The van der Waals surface area contributed by atoms with E-state index in [0.29, 0.717) is 17.0 Å². The second kappa shape index (κ2) is 8.64. The van der Waals surface area contributed by atoms with Gasteiger partial charge in [0.1, 0.15) is 5.82 Å². The van der Waals surface area contributed by atoms with E-state index in [1.54, 1.807) is 18.3 Å². The minimum atomic E-state index is -0.892. The molecule has 1 aromatic heterocycles. The van der Waals surface area contributed by atoms with Crippen LogP contribution in [0, 0.1) is 5.92 Å². The van der Waals surface area contributed by atoms with Crippen molar-refractivity contribution in [1.29, 1.82) is 0 Å². The molecule has 152 valence electrons. The fourth-order valence-corrected chi connectivity index (χ4v) is 4.30. The van der Waals surface area contributed by atoms with Crippen molar-refractivity contribution >= 4 is 17.7 Å². The van der Waals surface area contributed by atoms with Gasteiger partial charge in [-0.3, -0.25) is 4.79 Å². The highest BCUT2D eigenvalue weighted by Gasteiger charge is 2.24. The lowest BCUT2D eigenvalue weighted by Crippen LogP contribution is -2.35. The Morgan fingerprint density at radius 1 is 0.966 bits per heavy atom. The van der Waals surface area contributed by atoms with E-state index in [9.17, 15) is 9.59 Å².